The molecule has 2 atom stereocenters. The molecule has 2 bridgehead atoms. The highest BCUT2D eigenvalue weighted by atomic mass is 19.4. The molecule has 110 valence electrons. The SMILES string of the molecule is CN1C2CCC1CC(O)(c1ccc(C(F)(F)F)nc1)C2. The van der Waals surface area contributed by atoms with Crippen molar-refractivity contribution in [3.8, 4) is 0 Å². The van der Waals surface area contributed by atoms with E-state index in [1.165, 1.54) is 12.3 Å². The fourth-order valence-corrected chi connectivity index (χ4v) is 3.52. The first-order chi connectivity index (χ1) is 9.29. The number of rotatable bonds is 1. The average Bonchev–Trinajstić information content (AvgIpc) is 2.62. The number of hydrogen-bond acceptors (Lipinski definition) is 3. The Labute approximate surface area is 115 Å². The van der Waals surface area contributed by atoms with Gasteiger partial charge in [0, 0.05) is 23.8 Å². The van der Waals surface area contributed by atoms with Crippen molar-refractivity contribution in [1.82, 2.24) is 9.88 Å². The van der Waals surface area contributed by atoms with Crippen LogP contribution < -0.4 is 0 Å². The van der Waals surface area contributed by atoms with Gasteiger partial charge in [-0.1, -0.05) is 6.07 Å². The van der Waals surface area contributed by atoms with E-state index in [0.29, 0.717) is 30.5 Å². The van der Waals surface area contributed by atoms with Crippen LogP contribution in [0, 0.1) is 0 Å². The van der Waals surface area contributed by atoms with Crippen LogP contribution in [0.1, 0.15) is 36.9 Å². The van der Waals surface area contributed by atoms with Crippen LogP contribution in [0.15, 0.2) is 18.3 Å². The smallest absolute Gasteiger partial charge is 0.385 e. The molecule has 0 aromatic carbocycles. The van der Waals surface area contributed by atoms with Gasteiger partial charge < -0.3 is 10.0 Å². The van der Waals surface area contributed by atoms with E-state index in [9.17, 15) is 18.3 Å². The molecular weight excluding hydrogens is 269 g/mol. The number of piperidine rings is 1. The van der Waals surface area contributed by atoms with Crippen LogP contribution in [0.5, 0.6) is 0 Å². The maximum atomic E-state index is 12.5. The van der Waals surface area contributed by atoms with Gasteiger partial charge in [-0.25, -0.2) is 0 Å². The van der Waals surface area contributed by atoms with Crippen LogP contribution in [-0.4, -0.2) is 34.1 Å². The summed E-state index contributed by atoms with van der Waals surface area (Å²) in [7, 11) is 2.05. The van der Waals surface area contributed by atoms with Crippen molar-refractivity contribution >= 4 is 0 Å². The van der Waals surface area contributed by atoms with E-state index in [0.717, 1.165) is 18.9 Å². The number of aromatic nitrogens is 1. The van der Waals surface area contributed by atoms with Crippen LogP contribution in [0.3, 0.4) is 0 Å². The summed E-state index contributed by atoms with van der Waals surface area (Å²) in [5, 5.41) is 10.8. The van der Waals surface area contributed by atoms with Crippen molar-refractivity contribution in [3.63, 3.8) is 0 Å². The molecule has 6 heteroatoms. The molecule has 0 saturated carbocycles. The summed E-state index contributed by atoms with van der Waals surface area (Å²) < 4.78 is 37.5. The van der Waals surface area contributed by atoms with Crippen LogP contribution in [0.4, 0.5) is 13.2 Å². The van der Waals surface area contributed by atoms with Gasteiger partial charge in [0.2, 0.25) is 0 Å². The molecule has 3 heterocycles. The number of halogens is 3. The first-order valence-electron chi connectivity index (χ1n) is 6.78. The topological polar surface area (TPSA) is 36.4 Å². The van der Waals surface area contributed by atoms with E-state index in [4.69, 9.17) is 0 Å². The highest BCUT2D eigenvalue weighted by molar-refractivity contribution is 5.24. The molecule has 2 saturated heterocycles. The largest absolute Gasteiger partial charge is 0.433 e. The molecule has 2 aliphatic heterocycles. The second-order valence-electron chi connectivity index (χ2n) is 5.92. The lowest BCUT2D eigenvalue weighted by molar-refractivity contribution is -0.141. The summed E-state index contributed by atoms with van der Waals surface area (Å²) in [4.78, 5) is 5.73. The molecule has 0 radical (unpaired) electrons. The molecule has 3 nitrogen and oxygen atoms in total. The summed E-state index contributed by atoms with van der Waals surface area (Å²) in [5.41, 5.74) is -1.47. The zero-order chi connectivity index (χ0) is 14.5. The van der Waals surface area contributed by atoms with Gasteiger partial charge in [-0.15, -0.1) is 0 Å². The van der Waals surface area contributed by atoms with Crippen molar-refractivity contribution in [1.29, 1.82) is 0 Å². The number of pyridine rings is 1. The minimum atomic E-state index is -4.44. The van der Waals surface area contributed by atoms with Crippen LogP contribution >= 0.6 is 0 Å². The summed E-state index contributed by atoms with van der Waals surface area (Å²) >= 11 is 0. The van der Waals surface area contributed by atoms with Gasteiger partial charge in [0.15, 0.2) is 0 Å². The Hall–Kier alpha value is -1.14. The first kappa shape index (κ1) is 13.8. The Kier molecular flexibility index (Phi) is 3.06. The quantitative estimate of drug-likeness (QED) is 0.862. The molecule has 3 rings (SSSR count). The normalized spacial score (nSPS) is 34.5. The Balaban J connectivity index is 1.86. The summed E-state index contributed by atoms with van der Waals surface area (Å²) in [6.45, 7) is 0. The van der Waals surface area contributed by atoms with E-state index in [1.807, 2.05) is 7.05 Å². The molecule has 1 aromatic rings. The van der Waals surface area contributed by atoms with Gasteiger partial charge in [0.25, 0.3) is 0 Å². The fourth-order valence-electron chi connectivity index (χ4n) is 3.52. The molecule has 0 amide bonds. The molecular formula is C14H17F3N2O. The van der Waals surface area contributed by atoms with Crippen molar-refractivity contribution < 1.29 is 18.3 Å². The lowest BCUT2D eigenvalue weighted by Crippen LogP contribution is -2.47. The third kappa shape index (κ3) is 2.20. The molecule has 0 aliphatic carbocycles. The zero-order valence-electron chi connectivity index (χ0n) is 11.2. The van der Waals surface area contributed by atoms with Crippen molar-refractivity contribution in [2.75, 3.05) is 7.05 Å². The van der Waals surface area contributed by atoms with Gasteiger partial charge in [0.05, 0.1) is 5.60 Å². The number of fused-ring (bicyclic) bond motifs is 2. The predicted molar refractivity (Wildman–Crippen MR) is 66.9 cm³/mol. The third-order valence-electron chi connectivity index (χ3n) is 4.72. The van der Waals surface area contributed by atoms with Crippen molar-refractivity contribution in [2.24, 2.45) is 0 Å². The standard InChI is InChI=1S/C14H17F3N2O/c1-19-10-3-4-11(19)7-13(20,6-10)9-2-5-12(18-8-9)14(15,16)17/h2,5,8,10-11,20H,3-4,6-7H2,1H3. The number of hydrogen-bond donors (Lipinski definition) is 1. The van der Waals surface area contributed by atoms with E-state index in [2.05, 4.69) is 9.88 Å². The van der Waals surface area contributed by atoms with Crippen molar-refractivity contribution in [3.05, 3.63) is 29.6 Å². The molecule has 2 unspecified atom stereocenters. The zero-order valence-corrected chi connectivity index (χ0v) is 11.2. The van der Waals surface area contributed by atoms with Crippen LogP contribution in [0.25, 0.3) is 0 Å². The lowest BCUT2D eigenvalue weighted by Gasteiger charge is -2.42. The number of nitrogens with zero attached hydrogens (tertiary/aromatic N) is 2. The Morgan fingerprint density at radius 1 is 1.25 bits per heavy atom. The summed E-state index contributed by atoms with van der Waals surface area (Å²) in [6, 6.07) is 2.93. The van der Waals surface area contributed by atoms with E-state index in [1.54, 1.807) is 0 Å². The highest BCUT2D eigenvalue weighted by Gasteiger charge is 2.47. The maximum Gasteiger partial charge on any atom is 0.433 e. The second-order valence-corrected chi connectivity index (χ2v) is 5.92. The summed E-state index contributed by atoms with van der Waals surface area (Å²) in [5.74, 6) is 0. The summed E-state index contributed by atoms with van der Waals surface area (Å²) in [6.07, 6.45) is -0.0598. The highest BCUT2D eigenvalue weighted by Crippen LogP contribution is 2.44. The van der Waals surface area contributed by atoms with Gasteiger partial charge in [0.1, 0.15) is 5.69 Å². The minimum absolute atomic E-state index is 0.307. The Morgan fingerprint density at radius 2 is 1.85 bits per heavy atom. The van der Waals surface area contributed by atoms with E-state index >= 15 is 0 Å². The van der Waals surface area contributed by atoms with Crippen LogP contribution in [-0.2, 0) is 11.8 Å². The number of aliphatic hydroxyl groups is 1. The van der Waals surface area contributed by atoms with Gasteiger partial charge in [-0.2, -0.15) is 13.2 Å². The van der Waals surface area contributed by atoms with Crippen LogP contribution in [0.2, 0.25) is 0 Å². The third-order valence-corrected chi connectivity index (χ3v) is 4.72. The van der Waals surface area contributed by atoms with Gasteiger partial charge >= 0.3 is 6.18 Å². The predicted octanol–water partition coefficient (Wildman–Crippen LogP) is 2.54. The van der Waals surface area contributed by atoms with Crippen molar-refractivity contribution in [2.45, 2.75) is 49.5 Å². The lowest BCUT2D eigenvalue weighted by atomic mass is 9.81. The van der Waals surface area contributed by atoms with Gasteiger partial charge in [-0.3, -0.25) is 4.98 Å². The maximum absolute atomic E-state index is 12.5. The van der Waals surface area contributed by atoms with E-state index < -0.39 is 17.5 Å². The number of alkyl halides is 3. The average molecular weight is 286 g/mol. The second kappa shape index (κ2) is 4.43. The molecule has 2 fully saturated rings. The fraction of sp³-hybridized carbons (Fsp3) is 0.643. The van der Waals surface area contributed by atoms with Gasteiger partial charge in [-0.05, 0) is 38.8 Å². The molecule has 20 heavy (non-hydrogen) atoms. The molecule has 0 spiro atoms. The minimum Gasteiger partial charge on any atom is -0.385 e. The van der Waals surface area contributed by atoms with E-state index in [-0.39, 0.29) is 0 Å². The molecule has 2 aliphatic rings. The Morgan fingerprint density at radius 3 is 2.30 bits per heavy atom. The first-order valence-corrected chi connectivity index (χ1v) is 6.78. The molecule has 1 aromatic heterocycles. The Bertz CT molecular complexity index is 486. The monoisotopic (exact) mass is 286 g/mol. The molecule has 1 N–H and O–H groups in total.